The van der Waals surface area contributed by atoms with Gasteiger partial charge in [0.2, 0.25) is 0 Å². The number of carboxylic acids is 1. The van der Waals surface area contributed by atoms with Crippen molar-refractivity contribution >= 4 is 5.97 Å². The summed E-state index contributed by atoms with van der Waals surface area (Å²) in [5.74, 6) is 4.71. The number of nitrogens with zero attached hydrogens (tertiary/aromatic N) is 1. The highest BCUT2D eigenvalue weighted by Crippen LogP contribution is 2.18. The predicted octanol–water partition coefficient (Wildman–Crippen LogP) is 1.51. The molecule has 2 rings (SSSR count). The molecule has 2 aromatic rings. The molecule has 1 aromatic heterocycles. The summed E-state index contributed by atoms with van der Waals surface area (Å²) in [6.45, 7) is 0.0519. The van der Waals surface area contributed by atoms with Gasteiger partial charge in [0.25, 0.3) is 0 Å². The number of aromatic carboxylic acids is 1. The van der Waals surface area contributed by atoms with Crippen LogP contribution in [0.25, 0.3) is 11.3 Å². The second-order valence-electron chi connectivity index (χ2n) is 3.82. The summed E-state index contributed by atoms with van der Waals surface area (Å²) in [6, 6.07) is 8.79. The molecule has 5 nitrogen and oxygen atoms in total. The quantitative estimate of drug-likeness (QED) is 0.726. The first kappa shape index (κ1) is 12.9. The van der Waals surface area contributed by atoms with Gasteiger partial charge in [0.1, 0.15) is 5.69 Å². The van der Waals surface area contributed by atoms with Crippen molar-refractivity contribution in [2.24, 2.45) is 0 Å². The van der Waals surface area contributed by atoms with Gasteiger partial charge in [-0.25, -0.2) is 4.79 Å². The van der Waals surface area contributed by atoms with E-state index in [1.807, 2.05) is 24.3 Å². The molecule has 19 heavy (non-hydrogen) atoms. The zero-order chi connectivity index (χ0) is 13.7. The third-order valence-corrected chi connectivity index (χ3v) is 2.46. The molecule has 3 N–H and O–H groups in total. The number of H-pyrrole nitrogens is 1. The van der Waals surface area contributed by atoms with Crippen LogP contribution >= 0.6 is 0 Å². The molecule has 0 aliphatic carbocycles. The molecule has 1 aromatic carbocycles. The number of aliphatic hydroxyl groups excluding tert-OH is 1. The number of carbonyl (C=O) groups is 1. The molecular weight excluding hydrogens is 244 g/mol. The lowest BCUT2D eigenvalue weighted by Crippen LogP contribution is -1.95. The van der Waals surface area contributed by atoms with Crippen LogP contribution in [0.1, 0.15) is 22.5 Å². The van der Waals surface area contributed by atoms with Gasteiger partial charge in [-0.2, -0.15) is 5.10 Å². The average Bonchev–Trinajstić information content (AvgIpc) is 2.90. The first-order valence-corrected chi connectivity index (χ1v) is 5.69. The van der Waals surface area contributed by atoms with Crippen LogP contribution in [0.2, 0.25) is 0 Å². The van der Waals surface area contributed by atoms with E-state index in [1.54, 1.807) is 0 Å². The predicted molar refractivity (Wildman–Crippen MR) is 69.6 cm³/mol. The van der Waals surface area contributed by atoms with Crippen molar-refractivity contribution in [2.75, 3.05) is 6.61 Å². The second kappa shape index (κ2) is 5.85. The van der Waals surface area contributed by atoms with E-state index in [2.05, 4.69) is 22.0 Å². The van der Waals surface area contributed by atoms with Crippen molar-refractivity contribution in [2.45, 2.75) is 6.42 Å². The van der Waals surface area contributed by atoms with Gasteiger partial charge in [-0.15, -0.1) is 0 Å². The Balaban J connectivity index is 2.18. The van der Waals surface area contributed by atoms with Crippen LogP contribution in [0.4, 0.5) is 0 Å². The van der Waals surface area contributed by atoms with Crippen LogP contribution in [0, 0.1) is 11.8 Å². The summed E-state index contributed by atoms with van der Waals surface area (Å²) < 4.78 is 0. The summed E-state index contributed by atoms with van der Waals surface area (Å²) in [5, 5.41) is 23.8. The first-order valence-electron chi connectivity index (χ1n) is 5.69. The van der Waals surface area contributed by atoms with Gasteiger partial charge in [0, 0.05) is 17.5 Å². The number of hydrogen-bond acceptors (Lipinski definition) is 3. The van der Waals surface area contributed by atoms with E-state index in [4.69, 9.17) is 10.2 Å². The molecule has 0 amide bonds. The monoisotopic (exact) mass is 256 g/mol. The Morgan fingerprint density at radius 1 is 1.32 bits per heavy atom. The lowest BCUT2D eigenvalue weighted by Gasteiger charge is -1.96. The molecule has 0 unspecified atom stereocenters. The molecule has 5 heteroatoms. The smallest absolute Gasteiger partial charge is 0.353 e. The molecule has 96 valence electrons. The zero-order valence-electron chi connectivity index (χ0n) is 10.1. The molecule has 0 saturated heterocycles. The Morgan fingerprint density at radius 2 is 2.05 bits per heavy atom. The maximum absolute atomic E-state index is 10.7. The Bertz CT molecular complexity index is 633. The van der Waals surface area contributed by atoms with E-state index < -0.39 is 5.97 Å². The van der Waals surface area contributed by atoms with Gasteiger partial charge >= 0.3 is 5.97 Å². The van der Waals surface area contributed by atoms with Gasteiger partial charge in [-0.3, -0.25) is 5.10 Å². The average molecular weight is 256 g/mol. The Kier molecular flexibility index (Phi) is 3.96. The molecule has 0 bridgehead atoms. The number of benzene rings is 1. The molecule has 0 atom stereocenters. The fraction of sp³-hybridized carbons (Fsp3) is 0.143. The van der Waals surface area contributed by atoms with Crippen molar-refractivity contribution in [3.63, 3.8) is 0 Å². The van der Waals surface area contributed by atoms with Gasteiger partial charge in [0.15, 0.2) is 0 Å². The fourth-order valence-electron chi connectivity index (χ4n) is 1.52. The van der Waals surface area contributed by atoms with E-state index >= 15 is 0 Å². The number of aromatic nitrogens is 2. The minimum atomic E-state index is -1.04. The standard InChI is InChI=1S/C14H12N2O3/c17-8-2-1-3-10-4-6-11(7-5-10)12-9-13(14(18)19)16-15-12/h4-7,9,17H,2,8H2,(H,15,16)(H,18,19). The largest absolute Gasteiger partial charge is 0.477 e. The molecule has 0 saturated carbocycles. The highest BCUT2D eigenvalue weighted by Gasteiger charge is 2.08. The van der Waals surface area contributed by atoms with Crippen LogP contribution in [-0.2, 0) is 0 Å². The topological polar surface area (TPSA) is 86.2 Å². The number of hydrogen-bond donors (Lipinski definition) is 3. The molecule has 0 spiro atoms. The summed E-state index contributed by atoms with van der Waals surface area (Å²) in [4.78, 5) is 10.7. The summed E-state index contributed by atoms with van der Waals surface area (Å²) >= 11 is 0. The molecule has 0 radical (unpaired) electrons. The zero-order valence-corrected chi connectivity index (χ0v) is 10.1. The molecule has 1 heterocycles. The Labute approximate surface area is 109 Å². The molecule has 0 aliphatic heterocycles. The van der Waals surface area contributed by atoms with E-state index in [-0.39, 0.29) is 12.3 Å². The normalized spacial score (nSPS) is 9.74. The summed E-state index contributed by atoms with van der Waals surface area (Å²) in [7, 11) is 0. The van der Waals surface area contributed by atoms with Gasteiger partial charge in [-0.05, 0) is 18.2 Å². The van der Waals surface area contributed by atoms with Crippen LogP contribution in [0.5, 0.6) is 0 Å². The Hall–Kier alpha value is -2.58. The van der Waals surface area contributed by atoms with Crippen molar-refractivity contribution in [1.82, 2.24) is 10.2 Å². The fourth-order valence-corrected chi connectivity index (χ4v) is 1.52. The summed E-state index contributed by atoms with van der Waals surface area (Å²) in [5.41, 5.74) is 2.29. The third-order valence-electron chi connectivity index (χ3n) is 2.46. The van der Waals surface area contributed by atoms with E-state index in [9.17, 15) is 4.79 Å². The maximum atomic E-state index is 10.7. The maximum Gasteiger partial charge on any atom is 0.353 e. The van der Waals surface area contributed by atoms with Gasteiger partial charge < -0.3 is 10.2 Å². The van der Waals surface area contributed by atoms with Crippen molar-refractivity contribution in [1.29, 1.82) is 0 Å². The van der Waals surface area contributed by atoms with E-state index in [0.717, 1.165) is 11.1 Å². The first-order chi connectivity index (χ1) is 9.20. The highest BCUT2D eigenvalue weighted by molar-refractivity contribution is 5.86. The van der Waals surface area contributed by atoms with Crippen molar-refractivity contribution < 1.29 is 15.0 Å². The van der Waals surface area contributed by atoms with Crippen LogP contribution in [0.3, 0.4) is 0 Å². The summed E-state index contributed by atoms with van der Waals surface area (Å²) in [6.07, 6.45) is 0.448. The minimum Gasteiger partial charge on any atom is -0.477 e. The lowest BCUT2D eigenvalue weighted by molar-refractivity contribution is 0.0690. The van der Waals surface area contributed by atoms with Crippen LogP contribution in [-0.4, -0.2) is 33.0 Å². The van der Waals surface area contributed by atoms with E-state index in [1.165, 1.54) is 6.07 Å². The Morgan fingerprint density at radius 3 is 2.63 bits per heavy atom. The molecule has 0 fully saturated rings. The number of nitrogens with one attached hydrogen (secondary N) is 1. The lowest BCUT2D eigenvalue weighted by atomic mass is 10.1. The van der Waals surface area contributed by atoms with Crippen LogP contribution < -0.4 is 0 Å². The number of carboxylic acid groups (broad SMARTS) is 1. The highest BCUT2D eigenvalue weighted by atomic mass is 16.4. The number of aliphatic hydroxyl groups is 1. The molecule has 0 aliphatic rings. The number of rotatable bonds is 3. The molecular formula is C14H12N2O3. The van der Waals surface area contributed by atoms with Crippen molar-refractivity contribution in [3.8, 4) is 23.1 Å². The SMILES string of the molecule is O=C(O)c1cc(-c2ccc(C#CCCO)cc2)n[nH]1. The number of aromatic amines is 1. The van der Waals surface area contributed by atoms with Crippen molar-refractivity contribution in [3.05, 3.63) is 41.6 Å². The van der Waals surface area contributed by atoms with Gasteiger partial charge in [0.05, 0.1) is 12.3 Å². The second-order valence-corrected chi connectivity index (χ2v) is 3.82. The van der Waals surface area contributed by atoms with Gasteiger partial charge in [-0.1, -0.05) is 24.0 Å². The third kappa shape index (κ3) is 3.21. The minimum absolute atomic E-state index is 0.0519. The van der Waals surface area contributed by atoms with Crippen LogP contribution in [0.15, 0.2) is 30.3 Å². The van der Waals surface area contributed by atoms with E-state index in [0.29, 0.717) is 12.1 Å².